The van der Waals surface area contributed by atoms with E-state index in [9.17, 15) is 4.79 Å². The molecule has 1 amide bonds. The van der Waals surface area contributed by atoms with Crippen LogP contribution in [0.25, 0.3) is 11.0 Å². The van der Waals surface area contributed by atoms with Crippen molar-refractivity contribution in [2.45, 2.75) is 39.2 Å². The molecule has 3 rings (SSSR count). The molecule has 1 aromatic heterocycles. The maximum Gasteiger partial charge on any atom is 0.289 e. The minimum atomic E-state index is -0.0260. The minimum Gasteiger partial charge on any atom is -0.451 e. The van der Waals surface area contributed by atoms with Gasteiger partial charge in [0.1, 0.15) is 5.58 Å². The smallest absolute Gasteiger partial charge is 0.289 e. The molecule has 2 aromatic rings. The lowest BCUT2D eigenvalue weighted by Crippen LogP contribution is -2.40. The van der Waals surface area contributed by atoms with Crippen molar-refractivity contribution >= 4 is 29.3 Å². The van der Waals surface area contributed by atoms with Gasteiger partial charge in [-0.15, -0.1) is 12.4 Å². The van der Waals surface area contributed by atoms with E-state index in [0.717, 1.165) is 30.2 Å². The van der Waals surface area contributed by atoms with Crippen molar-refractivity contribution in [2.75, 3.05) is 26.2 Å². The highest BCUT2D eigenvalue weighted by Crippen LogP contribution is 2.25. The molecule has 1 aromatic carbocycles. The molecule has 1 aliphatic rings. The number of nitrogens with two attached hydrogens (primary N) is 1. The molecule has 6 heteroatoms. The number of nitrogens with zero attached hydrogens (tertiary/aromatic N) is 1. The van der Waals surface area contributed by atoms with Gasteiger partial charge < -0.3 is 19.8 Å². The topological polar surface area (TPSA) is 68.7 Å². The van der Waals surface area contributed by atoms with E-state index >= 15 is 0 Å². The summed E-state index contributed by atoms with van der Waals surface area (Å²) in [5.74, 6) is 0.402. The van der Waals surface area contributed by atoms with Crippen molar-refractivity contribution in [2.24, 2.45) is 5.73 Å². The molecule has 0 unspecified atom stereocenters. The second-order valence-electron chi connectivity index (χ2n) is 6.59. The van der Waals surface area contributed by atoms with Gasteiger partial charge in [0.05, 0.1) is 6.10 Å². The third-order valence-corrected chi connectivity index (χ3v) is 4.77. The Labute approximate surface area is 154 Å². The van der Waals surface area contributed by atoms with E-state index in [1.807, 2.05) is 24.0 Å². The average Bonchev–Trinajstić information content (AvgIpc) is 2.98. The maximum atomic E-state index is 12.7. The SMILES string of the molecule is Cc1cc2cc(C(=O)N3CCC(OCCCN)CC3)oc2cc1C.Cl. The summed E-state index contributed by atoms with van der Waals surface area (Å²) in [5, 5.41) is 0.987. The Morgan fingerprint density at radius 2 is 1.92 bits per heavy atom. The second kappa shape index (κ2) is 8.70. The first-order chi connectivity index (χ1) is 11.6. The molecule has 0 radical (unpaired) electrons. The largest absolute Gasteiger partial charge is 0.451 e. The molecule has 0 bridgehead atoms. The van der Waals surface area contributed by atoms with Crippen molar-refractivity contribution in [3.05, 3.63) is 35.1 Å². The van der Waals surface area contributed by atoms with E-state index in [0.29, 0.717) is 32.0 Å². The van der Waals surface area contributed by atoms with Crippen molar-refractivity contribution in [1.29, 1.82) is 0 Å². The zero-order valence-corrected chi connectivity index (χ0v) is 15.7. The highest BCUT2D eigenvalue weighted by atomic mass is 35.5. The monoisotopic (exact) mass is 366 g/mol. The summed E-state index contributed by atoms with van der Waals surface area (Å²) < 4.78 is 11.6. The van der Waals surface area contributed by atoms with Gasteiger partial charge in [-0.1, -0.05) is 0 Å². The summed E-state index contributed by atoms with van der Waals surface area (Å²) in [7, 11) is 0. The van der Waals surface area contributed by atoms with Gasteiger partial charge in [-0.2, -0.15) is 0 Å². The van der Waals surface area contributed by atoms with Crippen LogP contribution in [0.4, 0.5) is 0 Å². The molecule has 1 fully saturated rings. The Kier molecular flexibility index (Phi) is 6.87. The Hall–Kier alpha value is -1.56. The fourth-order valence-electron chi connectivity index (χ4n) is 3.12. The summed E-state index contributed by atoms with van der Waals surface area (Å²) >= 11 is 0. The van der Waals surface area contributed by atoms with Crippen LogP contribution in [-0.4, -0.2) is 43.2 Å². The lowest BCUT2D eigenvalue weighted by atomic mass is 10.1. The summed E-state index contributed by atoms with van der Waals surface area (Å²) in [6, 6.07) is 5.93. The summed E-state index contributed by atoms with van der Waals surface area (Å²) in [6.07, 6.45) is 2.86. The van der Waals surface area contributed by atoms with Crippen molar-refractivity contribution < 1.29 is 13.9 Å². The summed E-state index contributed by atoms with van der Waals surface area (Å²) in [6.45, 7) is 6.90. The summed E-state index contributed by atoms with van der Waals surface area (Å²) in [4.78, 5) is 14.5. The normalized spacial score (nSPS) is 15.4. The third-order valence-electron chi connectivity index (χ3n) is 4.77. The van der Waals surface area contributed by atoms with Gasteiger partial charge in [-0.05, 0) is 69.0 Å². The molecule has 0 aliphatic carbocycles. The Morgan fingerprint density at radius 3 is 2.60 bits per heavy atom. The number of furan rings is 1. The number of rotatable bonds is 5. The second-order valence-corrected chi connectivity index (χ2v) is 6.59. The van der Waals surface area contributed by atoms with Gasteiger partial charge in [0.15, 0.2) is 5.76 Å². The molecule has 1 aliphatic heterocycles. The highest BCUT2D eigenvalue weighted by molar-refractivity contribution is 5.96. The zero-order chi connectivity index (χ0) is 17.1. The van der Waals surface area contributed by atoms with E-state index in [4.69, 9.17) is 14.9 Å². The van der Waals surface area contributed by atoms with Crippen LogP contribution in [0.3, 0.4) is 0 Å². The quantitative estimate of drug-likeness (QED) is 0.823. The van der Waals surface area contributed by atoms with E-state index < -0.39 is 0 Å². The molecule has 138 valence electrons. The van der Waals surface area contributed by atoms with Gasteiger partial charge in [-0.3, -0.25) is 4.79 Å². The Morgan fingerprint density at radius 1 is 1.24 bits per heavy atom. The number of amides is 1. The molecule has 5 nitrogen and oxygen atoms in total. The van der Waals surface area contributed by atoms with Crippen LogP contribution in [0.15, 0.2) is 22.6 Å². The minimum absolute atomic E-state index is 0. The first-order valence-corrected chi connectivity index (χ1v) is 8.70. The fraction of sp³-hybridized carbons (Fsp3) is 0.526. The number of carbonyl (C=O) groups is 1. The third kappa shape index (κ3) is 4.54. The van der Waals surface area contributed by atoms with Crippen LogP contribution in [-0.2, 0) is 4.74 Å². The predicted octanol–water partition coefficient (Wildman–Crippen LogP) is 3.44. The number of aryl methyl sites for hydroxylation is 2. The highest BCUT2D eigenvalue weighted by Gasteiger charge is 2.26. The number of piperidine rings is 1. The number of hydrogen-bond acceptors (Lipinski definition) is 4. The van der Waals surface area contributed by atoms with Gasteiger partial charge >= 0.3 is 0 Å². The molecule has 0 saturated carbocycles. The van der Waals surface area contributed by atoms with Crippen LogP contribution in [0, 0.1) is 13.8 Å². The van der Waals surface area contributed by atoms with E-state index in [1.165, 1.54) is 11.1 Å². The van der Waals surface area contributed by atoms with Crippen LogP contribution < -0.4 is 5.73 Å². The van der Waals surface area contributed by atoms with Gasteiger partial charge in [0, 0.05) is 25.1 Å². The molecule has 25 heavy (non-hydrogen) atoms. The summed E-state index contributed by atoms with van der Waals surface area (Å²) in [5.41, 5.74) is 8.64. The number of carbonyl (C=O) groups excluding carboxylic acids is 1. The standard InChI is InChI=1S/C19H26N2O3.ClH/c1-13-10-15-12-18(24-17(15)11-14(13)2)19(22)21-7-4-16(5-8-21)23-9-3-6-20;/h10-12,16H,3-9,20H2,1-2H3;1H. The lowest BCUT2D eigenvalue weighted by Gasteiger charge is -2.31. The van der Waals surface area contributed by atoms with Crippen LogP contribution >= 0.6 is 12.4 Å². The number of hydrogen-bond donors (Lipinski definition) is 1. The molecule has 2 heterocycles. The van der Waals surface area contributed by atoms with E-state index in [1.54, 1.807) is 0 Å². The lowest BCUT2D eigenvalue weighted by molar-refractivity contribution is 0.00770. The average molecular weight is 367 g/mol. The zero-order valence-electron chi connectivity index (χ0n) is 14.9. The van der Waals surface area contributed by atoms with Crippen LogP contribution in [0.5, 0.6) is 0 Å². The van der Waals surface area contributed by atoms with Crippen molar-refractivity contribution in [3.8, 4) is 0 Å². The van der Waals surface area contributed by atoms with Crippen molar-refractivity contribution in [3.63, 3.8) is 0 Å². The molecule has 0 atom stereocenters. The molecular formula is C19H27ClN2O3. The first-order valence-electron chi connectivity index (χ1n) is 8.70. The Bertz CT molecular complexity index is 682. The number of halogens is 1. The molecule has 0 spiro atoms. The number of likely N-dealkylation sites (tertiary alicyclic amines) is 1. The number of fused-ring (bicyclic) bond motifs is 1. The predicted molar refractivity (Wildman–Crippen MR) is 101 cm³/mol. The number of ether oxygens (including phenoxy) is 1. The van der Waals surface area contributed by atoms with Gasteiger partial charge in [-0.25, -0.2) is 0 Å². The van der Waals surface area contributed by atoms with Gasteiger partial charge in [0.2, 0.25) is 0 Å². The van der Waals surface area contributed by atoms with E-state index in [-0.39, 0.29) is 24.4 Å². The molecule has 2 N–H and O–H groups in total. The Balaban J connectivity index is 0.00000225. The first kappa shape index (κ1) is 19.8. The van der Waals surface area contributed by atoms with Gasteiger partial charge in [0.25, 0.3) is 5.91 Å². The van der Waals surface area contributed by atoms with Crippen LogP contribution in [0.1, 0.15) is 40.9 Å². The number of benzene rings is 1. The van der Waals surface area contributed by atoms with Crippen molar-refractivity contribution in [1.82, 2.24) is 4.90 Å². The van der Waals surface area contributed by atoms with E-state index in [2.05, 4.69) is 13.0 Å². The van der Waals surface area contributed by atoms with Crippen LogP contribution in [0.2, 0.25) is 0 Å². The maximum absolute atomic E-state index is 12.7. The molecular weight excluding hydrogens is 340 g/mol. The molecule has 1 saturated heterocycles. The fourth-order valence-corrected chi connectivity index (χ4v) is 3.12.